The minimum Gasteiger partial charge on any atom is -0.455 e. The van der Waals surface area contributed by atoms with Gasteiger partial charge in [-0.15, -0.1) is 0 Å². The number of anilines is 1. The Morgan fingerprint density at radius 3 is 2.52 bits per heavy atom. The highest BCUT2D eigenvalue weighted by atomic mass is 35.5. The number of ether oxygens (including phenoxy) is 1. The topological polar surface area (TPSA) is 38.3 Å². The molecule has 2 aromatic carbocycles. The van der Waals surface area contributed by atoms with E-state index in [4.69, 9.17) is 16.3 Å². The van der Waals surface area contributed by atoms with E-state index in [0.29, 0.717) is 22.2 Å². The Hall–Kier alpha value is -2.26. The van der Waals surface area contributed by atoms with Gasteiger partial charge >= 0.3 is 0 Å². The minimum absolute atomic E-state index is 0.213. The maximum Gasteiger partial charge on any atom is 0.248 e. The maximum atomic E-state index is 11.9. The molecule has 0 saturated heterocycles. The van der Waals surface area contributed by atoms with Crippen LogP contribution in [0.1, 0.15) is 13.8 Å². The van der Waals surface area contributed by atoms with Crippen molar-refractivity contribution in [2.75, 3.05) is 5.32 Å². The lowest BCUT2D eigenvalue weighted by Gasteiger charge is -2.12. The Morgan fingerprint density at radius 2 is 1.86 bits per heavy atom. The van der Waals surface area contributed by atoms with E-state index in [9.17, 15) is 4.79 Å². The van der Waals surface area contributed by atoms with Crippen molar-refractivity contribution in [3.8, 4) is 11.5 Å². The number of halogens is 1. The van der Waals surface area contributed by atoms with Crippen molar-refractivity contribution in [2.45, 2.75) is 13.8 Å². The smallest absolute Gasteiger partial charge is 0.248 e. The molecule has 0 heterocycles. The lowest BCUT2D eigenvalue weighted by atomic mass is 10.2. The second-order valence-corrected chi connectivity index (χ2v) is 5.20. The number of hydrogen-bond acceptors (Lipinski definition) is 2. The van der Waals surface area contributed by atoms with Crippen LogP contribution in [0.3, 0.4) is 0 Å². The summed E-state index contributed by atoms with van der Waals surface area (Å²) in [6.45, 7) is 3.72. The van der Waals surface area contributed by atoms with E-state index in [0.717, 1.165) is 5.57 Å². The molecule has 21 heavy (non-hydrogen) atoms. The van der Waals surface area contributed by atoms with E-state index in [-0.39, 0.29) is 5.91 Å². The van der Waals surface area contributed by atoms with E-state index >= 15 is 0 Å². The van der Waals surface area contributed by atoms with E-state index < -0.39 is 0 Å². The highest BCUT2D eigenvalue weighted by Gasteiger charge is 2.08. The van der Waals surface area contributed by atoms with Crippen molar-refractivity contribution < 1.29 is 9.53 Å². The first-order valence-electron chi connectivity index (χ1n) is 6.53. The molecule has 0 fully saturated rings. The highest BCUT2D eigenvalue weighted by Crippen LogP contribution is 2.32. The van der Waals surface area contributed by atoms with Crippen LogP contribution in [0.2, 0.25) is 5.02 Å². The molecule has 0 radical (unpaired) electrons. The molecule has 2 aromatic rings. The fourth-order valence-electron chi connectivity index (χ4n) is 1.74. The van der Waals surface area contributed by atoms with Crippen LogP contribution in [0.25, 0.3) is 0 Å². The summed E-state index contributed by atoms with van der Waals surface area (Å²) < 4.78 is 5.78. The van der Waals surface area contributed by atoms with Gasteiger partial charge in [0.25, 0.3) is 0 Å². The van der Waals surface area contributed by atoms with Crippen LogP contribution in [0.4, 0.5) is 5.69 Å². The van der Waals surface area contributed by atoms with Gasteiger partial charge in [-0.1, -0.05) is 35.4 Å². The summed E-state index contributed by atoms with van der Waals surface area (Å²) in [5.74, 6) is 1.02. The van der Waals surface area contributed by atoms with Crippen LogP contribution in [-0.2, 0) is 4.79 Å². The van der Waals surface area contributed by atoms with Gasteiger partial charge < -0.3 is 10.1 Å². The molecule has 3 nitrogen and oxygen atoms in total. The number of rotatable bonds is 4. The van der Waals surface area contributed by atoms with Crippen molar-refractivity contribution >= 4 is 23.2 Å². The Balaban J connectivity index is 2.25. The zero-order valence-electron chi connectivity index (χ0n) is 11.9. The molecule has 0 saturated carbocycles. The molecule has 2 rings (SSSR count). The van der Waals surface area contributed by atoms with E-state index in [1.165, 1.54) is 6.08 Å². The van der Waals surface area contributed by atoms with Gasteiger partial charge in [0, 0.05) is 11.1 Å². The first-order chi connectivity index (χ1) is 10.0. The highest BCUT2D eigenvalue weighted by molar-refractivity contribution is 6.31. The van der Waals surface area contributed by atoms with E-state index in [1.54, 1.807) is 18.2 Å². The van der Waals surface area contributed by atoms with Gasteiger partial charge in [0.1, 0.15) is 5.75 Å². The van der Waals surface area contributed by atoms with Crippen molar-refractivity contribution in [1.82, 2.24) is 0 Å². The molecule has 0 bridgehead atoms. The second-order valence-electron chi connectivity index (χ2n) is 4.77. The van der Waals surface area contributed by atoms with Crippen molar-refractivity contribution in [1.29, 1.82) is 0 Å². The summed E-state index contributed by atoms with van der Waals surface area (Å²) >= 11 is 5.99. The molecule has 1 amide bonds. The molecule has 0 aliphatic rings. The van der Waals surface area contributed by atoms with Crippen molar-refractivity contribution in [3.63, 3.8) is 0 Å². The Labute approximate surface area is 129 Å². The average molecular weight is 302 g/mol. The number of carbonyl (C=O) groups is 1. The molecular weight excluding hydrogens is 286 g/mol. The fourth-order valence-corrected chi connectivity index (χ4v) is 1.91. The first-order valence-corrected chi connectivity index (χ1v) is 6.91. The van der Waals surface area contributed by atoms with Crippen molar-refractivity contribution in [2.24, 2.45) is 0 Å². The molecule has 0 aromatic heterocycles. The van der Waals surface area contributed by atoms with Crippen LogP contribution in [0.5, 0.6) is 11.5 Å². The first kappa shape index (κ1) is 15.1. The number of carbonyl (C=O) groups excluding carboxylic acids is 1. The summed E-state index contributed by atoms with van der Waals surface area (Å²) in [7, 11) is 0. The van der Waals surface area contributed by atoms with Crippen LogP contribution in [0.15, 0.2) is 60.2 Å². The molecule has 0 aliphatic heterocycles. The summed E-state index contributed by atoms with van der Waals surface area (Å²) in [6.07, 6.45) is 1.52. The second kappa shape index (κ2) is 6.95. The normalized spacial score (nSPS) is 9.86. The molecule has 108 valence electrons. The van der Waals surface area contributed by atoms with Gasteiger partial charge in [0.2, 0.25) is 5.91 Å². The standard InChI is InChI=1S/C17H16ClNO2/c1-12(2)10-17(20)19-15-11-13(18)8-9-16(15)21-14-6-4-3-5-7-14/h3-11H,1-2H3,(H,19,20). The SMILES string of the molecule is CC(C)=CC(=O)Nc1cc(Cl)ccc1Oc1ccccc1. The maximum absolute atomic E-state index is 11.9. The molecular formula is C17H16ClNO2. The molecule has 0 spiro atoms. The lowest BCUT2D eigenvalue weighted by molar-refractivity contribution is -0.112. The zero-order chi connectivity index (χ0) is 15.2. The predicted molar refractivity (Wildman–Crippen MR) is 86.0 cm³/mol. The summed E-state index contributed by atoms with van der Waals surface area (Å²) in [5, 5.41) is 3.31. The number of hydrogen-bond donors (Lipinski definition) is 1. The fraction of sp³-hybridized carbons (Fsp3) is 0.118. The van der Waals surface area contributed by atoms with E-state index in [2.05, 4.69) is 5.32 Å². The largest absolute Gasteiger partial charge is 0.455 e. The molecule has 0 atom stereocenters. The Bertz CT molecular complexity index is 662. The van der Waals surface area contributed by atoms with Crippen LogP contribution >= 0.6 is 11.6 Å². The third-order valence-electron chi connectivity index (χ3n) is 2.59. The molecule has 1 N–H and O–H groups in total. The van der Waals surface area contributed by atoms with Crippen LogP contribution in [0, 0.1) is 0 Å². The van der Waals surface area contributed by atoms with Gasteiger partial charge in [-0.2, -0.15) is 0 Å². The van der Waals surface area contributed by atoms with Gasteiger partial charge in [0.15, 0.2) is 5.75 Å². The molecule has 0 aliphatic carbocycles. The third-order valence-corrected chi connectivity index (χ3v) is 2.83. The van der Waals surface area contributed by atoms with Gasteiger partial charge in [-0.05, 0) is 44.2 Å². The monoisotopic (exact) mass is 301 g/mol. The number of amides is 1. The summed E-state index contributed by atoms with van der Waals surface area (Å²) in [6, 6.07) is 14.5. The third kappa shape index (κ3) is 4.65. The number of benzene rings is 2. The zero-order valence-corrected chi connectivity index (χ0v) is 12.6. The number of nitrogens with one attached hydrogen (secondary N) is 1. The van der Waals surface area contributed by atoms with Gasteiger partial charge in [-0.3, -0.25) is 4.79 Å². The minimum atomic E-state index is -0.213. The summed E-state index contributed by atoms with van der Waals surface area (Å²) in [5.41, 5.74) is 1.45. The average Bonchev–Trinajstić information content (AvgIpc) is 2.42. The molecule has 0 unspecified atom stereocenters. The van der Waals surface area contributed by atoms with E-state index in [1.807, 2.05) is 44.2 Å². The lowest BCUT2D eigenvalue weighted by Crippen LogP contribution is -2.09. The molecule has 4 heteroatoms. The van der Waals surface area contributed by atoms with Crippen LogP contribution < -0.4 is 10.1 Å². The number of para-hydroxylation sites is 1. The quantitative estimate of drug-likeness (QED) is 0.804. The Morgan fingerprint density at radius 1 is 1.14 bits per heavy atom. The Kier molecular flexibility index (Phi) is 5.01. The van der Waals surface area contributed by atoms with Crippen LogP contribution in [-0.4, -0.2) is 5.91 Å². The van der Waals surface area contributed by atoms with Gasteiger partial charge in [0.05, 0.1) is 5.69 Å². The predicted octanol–water partition coefficient (Wildman–Crippen LogP) is 5.04. The summed E-state index contributed by atoms with van der Waals surface area (Å²) in [4.78, 5) is 11.9. The van der Waals surface area contributed by atoms with Gasteiger partial charge in [-0.25, -0.2) is 0 Å². The van der Waals surface area contributed by atoms with Crippen molar-refractivity contribution in [3.05, 3.63) is 65.2 Å². The number of allylic oxidation sites excluding steroid dienone is 1.